The molecule has 2 saturated heterocycles. The van der Waals surface area contributed by atoms with Crippen LogP contribution in [0, 0.1) is 5.82 Å². The number of halogens is 2. The second-order valence-corrected chi connectivity index (χ2v) is 9.91. The average Bonchev–Trinajstić information content (AvgIpc) is 3.42. The fourth-order valence-corrected chi connectivity index (χ4v) is 5.61. The van der Waals surface area contributed by atoms with Gasteiger partial charge in [-0.25, -0.2) is 14.0 Å². The van der Waals surface area contributed by atoms with Crippen LogP contribution in [0.25, 0.3) is 0 Å². The van der Waals surface area contributed by atoms with Gasteiger partial charge in [0.1, 0.15) is 23.2 Å². The third-order valence-electron chi connectivity index (χ3n) is 6.86. The normalized spacial score (nSPS) is 21.7. The molecule has 2 unspecified atom stereocenters. The molecule has 0 saturated carbocycles. The number of nitrogens with one attached hydrogen (secondary N) is 1. The van der Waals surface area contributed by atoms with Gasteiger partial charge in [0.2, 0.25) is 11.7 Å². The maximum Gasteiger partial charge on any atom is 0.414 e. The van der Waals surface area contributed by atoms with E-state index in [1.165, 1.54) is 12.1 Å². The van der Waals surface area contributed by atoms with Gasteiger partial charge in [-0.15, -0.1) is 0 Å². The number of hydrogen-bond acceptors (Lipinski definition) is 7. The van der Waals surface area contributed by atoms with E-state index in [2.05, 4.69) is 12.2 Å². The number of benzene rings is 2. The predicted octanol–water partition coefficient (Wildman–Crippen LogP) is 3.66. The molecule has 2 fully saturated rings. The minimum atomic E-state index is -1.82. The van der Waals surface area contributed by atoms with Crippen molar-refractivity contribution in [3.05, 3.63) is 64.9 Å². The summed E-state index contributed by atoms with van der Waals surface area (Å²) in [7, 11) is 1.76. The lowest BCUT2D eigenvalue weighted by Gasteiger charge is -2.56. The molecular weight excluding hydrogens is 547 g/mol. The van der Waals surface area contributed by atoms with E-state index in [-0.39, 0.29) is 24.4 Å². The molecule has 10 nitrogen and oxygen atoms in total. The SMILES string of the molecule is CCCC1(C2(c3ccc(F)cc3)OCCO2)CC(Oc2cccc(Cl)c2)CCN1C(=O)CNC.O=C(O)C(=O)O. The van der Waals surface area contributed by atoms with Crippen molar-refractivity contribution in [2.45, 2.75) is 50.0 Å². The summed E-state index contributed by atoms with van der Waals surface area (Å²) in [5.74, 6) is -4.56. The molecule has 0 radical (unpaired) electrons. The second-order valence-electron chi connectivity index (χ2n) is 9.48. The van der Waals surface area contributed by atoms with Gasteiger partial charge in [0.25, 0.3) is 0 Å². The first kappa shape index (κ1) is 31.3. The van der Waals surface area contributed by atoms with Gasteiger partial charge < -0.3 is 34.6 Å². The van der Waals surface area contributed by atoms with Crippen molar-refractivity contribution in [2.75, 3.05) is 33.4 Å². The first-order valence-electron chi connectivity index (χ1n) is 13.0. The Balaban J connectivity index is 0.000000663. The molecule has 2 aliphatic heterocycles. The van der Waals surface area contributed by atoms with Gasteiger partial charge in [-0.2, -0.15) is 0 Å². The van der Waals surface area contributed by atoms with E-state index in [0.717, 1.165) is 6.42 Å². The van der Waals surface area contributed by atoms with Crippen molar-refractivity contribution in [2.24, 2.45) is 0 Å². The summed E-state index contributed by atoms with van der Waals surface area (Å²) in [5, 5.41) is 18.4. The maximum atomic E-state index is 13.8. The van der Waals surface area contributed by atoms with Crippen LogP contribution in [-0.2, 0) is 29.6 Å². The molecule has 40 heavy (non-hydrogen) atoms. The Morgan fingerprint density at radius 3 is 2.33 bits per heavy atom. The third kappa shape index (κ3) is 6.90. The lowest BCUT2D eigenvalue weighted by Crippen LogP contribution is -2.69. The Labute approximate surface area is 237 Å². The number of likely N-dealkylation sites (tertiary alicyclic amines) is 1. The van der Waals surface area contributed by atoms with Crippen molar-refractivity contribution in [1.29, 1.82) is 0 Å². The number of hydrogen-bond donors (Lipinski definition) is 3. The molecule has 2 atom stereocenters. The number of piperidine rings is 1. The molecule has 2 aromatic carbocycles. The van der Waals surface area contributed by atoms with E-state index < -0.39 is 23.3 Å². The van der Waals surface area contributed by atoms with Crippen LogP contribution >= 0.6 is 11.6 Å². The zero-order valence-corrected chi connectivity index (χ0v) is 23.2. The molecule has 0 bridgehead atoms. The number of carbonyl (C=O) groups excluding carboxylic acids is 1. The van der Waals surface area contributed by atoms with Crippen molar-refractivity contribution in [3.63, 3.8) is 0 Å². The number of amides is 1. The first-order chi connectivity index (χ1) is 19.1. The van der Waals surface area contributed by atoms with Gasteiger partial charge in [0.05, 0.1) is 19.8 Å². The highest BCUT2D eigenvalue weighted by molar-refractivity contribution is 6.30. The summed E-state index contributed by atoms with van der Waals surface area (Å²) in [4.78, 5) is 33.5. The number of carboxylic acids is 2. The Bertz CT molecular complexity index is 1160. The zero-order valence-electron chi connectivity index (χ0n) is 22.4. The van der Waals surface area contributed by atoms with Crippen LogP contribution in [0.1, 0.15) is 38.2 Å². The number of ether oxygens (including phenoxy) is 3. The van der Waals surface area contributed by atoms with Crippen LogP contribution in [0.4, 0.5) is 4.39 Å². The van der Waals surface area contributed by atoms with Gasteiger partial charge in [0, 0.05) is 30.0 Å². The minimum absolute atomic E-state index is 0.0299. The van der Waals surface area contributed by atoms with Crippen molar-refractivity contribution in [3.8, 4) is 5.75 Å². The van der Waals surface area contributed by atoms with Crippen molar-refractivity contribution < 1.29 is 43.2 Å². The molecule has 2 heterocycles. The van der Waals surface area contributed by atoms with Crippen LogP contribution in [0.15, 0.2) is 48.5 Å². The number of carbonyl (C=O) groups is 3. The Morgan fingerprint density at radius 1 is 1.12 bits per heavy atom. The number of nitrogens with zero attached hydrogens (tertiary/aromatic N) is 1. The summed E-state index contributed by atoms with van der Waals surface area (Å²) in [6.07, 6.45) is 2.40. The van der Waals surface area contributed by atoms with Gasteiger partial charge in [0.15, 0.2) is 0 Å². The standard InChI is InChI=1S/C26H32ClFN2O4.C2H2O4/c1-3-12-25(26(32-14-15-33-26)19-7-9-21(28)10-8-19)17-23(11-13-30(25)24(31)18-29-2)34-22-6-4-5-20(27)16-22;3-1(4)2(5)6/h4-10,16,23,29H,3,11-15,17-18H2,1-2H3;(H,3,4)(H,5,6). The third-order valence-corrected chi connectivity index (χ3v) is 7.10. The number of rotatable bonds is 8. The average molecular weight is 581 g/mol. The fraction of sp³-hybridized carbons (Fsp3) is 0.464. The van der Waals surface area contributed by atoms with E-state index in [1.807, 2.05) is 17.0 Å². The lowest BCUT2D eigenvalue weighted by atomic mass is 9.72. The Morgan fingerprint density at radius 2 is 1.77 bits per heavy atom. The smallest absolute Gasteiger partial charge is 0.414 e. The van der Waals surface area contributed by atoms with Crippen LogP contribution in [0.5, 0.6) is 5.75 Å². The van der Waals surface area contributed by atoms with Gasteiger partial charge in [-0.05, 0) is 43.8 Å². The maximum absolute atomic E-state index is 13.8. The quantitative estimate of drug-likeness (QED) is 0.400. The number of likely N-dealkylation sites (N-methyl/N-ethyl adjacent to an activating group) is 1. The zero-order chi connectivity index (χ0) is 29.3. The van der Waals surface area contributed by atoms with Gasteiger partial charge in [-0.1, -0.05) is 43.1 Å². The number of carboxylic acid groups (broad SMARTS) is 2. The lowest BCUT2D eigenvalue weighted by molar-refractivity contribution is -0.268. The molecule has 3 N–H and O–H groups in total. The second kappa shape index (κ2) is 13.9. The minimum Gasteiger partial charge on any atom is -0.490 e. The van der Waals surface area contributed by atoms with Gasteiger partial charge in [-0.3, -0.25) is 4.79 Å². The molecule has 2 aliphatic rings. The highest BCUT2D eigenvalue weighted by Gasteiger charge is 2.63. The van der Waals surface area contributed by atoms with E-state index in [9.17, 15) is 9.18 Å². The summed E-state index contributed by atoms with van der Waals surface area (Å²) >= 11 is 6.18. The largest absolute Gasteiger partial charge is 0.490 e. The summed E-state index contributed by atoms with van der Waals surface area (Å²) in [6.45, 7) is 3.54. The molecule has 0 spiro atoms. The monoisotopic (exact) mass is 580 g/mol. The molecule has 2 aromatic rings. The fourth-order valence-electron chi connectivity index (χ4n) is 5.43. The van der Waals surface area contributed by atoms with E-state index in [4.69, 9.17) is 45.6 Å². The molecule has 12 heteroatoms. The van der Waals surface area contributed by atoms with Gasteiger partial charge >= 0.3 is 11.9 Å². The van der Waals surface area contributed by atoms with Crippen molar-refractivity contribution in [1.82, 2.24) is 10.2 Å². The molecule has 0 aliphatic carbocycles. The highest BCUT2D eigenvalue weighted by Crippen LogP contribution is 2.52. The highest BCUT2D eigenvalue weighted by atomic mass is 35.5. The van der Waals surface area contributed by atoms with Crippen LogP contribution < -0.4 is 10.1 Å². The van der Waals surface area contributed by atoms with E-state index >= 15 is 0 Å². The molecular formula is C28H34ClFN2O8. The van der Waals surface area contributed by atoms with Crippen LogP contribution in [0.3, 0.4) is 0 Å². The van der Waals surface area contributed by atoms with Crippen LogP contribution in [0.2, 0.25) is 5.02 Å². The summed E-state index contributed by atoms with van der Waals surface area (Å²) in [6, 6.07) is 13.5. The summed E-state index contributed by atoms with van der Waals surface area (Å²) < 4.78 is 33.0. The van der Waals surface area contributed by atoms with Crippen LogP contribution in [-0.4, -0.2) is 78.0 Å². The van der Waals surface area contributed by atoms with Crippen molar-refractivity contribution >= 4 is 29.4 Å². The Kier molecular flexibility index (Phi) is 10.9. The van der Waals surface area contributed by atoms with E-state index in [0.29, 0.717) is 55.4 Å². The molecule has 0 aromatic heterocycles. The molecule has 1 amide bonds. The first-order valence-corrected chi connectivity index (χ1v) is 13.3. The summed E-state index contributed by atoms with van der Waals surface area (Å²) in [5.41, 5.74) is -0.142. The predicted molar refractivity (Wildman–Crippen MR) is 144 cm³/mol. The van der Waals surface area contributed by atoms with E-state index in [1.54, 1.807) is 31.3 Å². The Hall–Kier alpha value is -3.25. The number of aliphatic carboxylic acids is 2. The molecule has 4 rings (SSSR count). The topological polar surface area (TPSA) is 135 Å². The molecule has 218 valence electrons.